The molecule has 0 saturated carbocycles. The van der Waals surface area contributed by atoms with Crippen molar-refractivity contribution in [1.82, 2.24) is 15.4 Å². The van der Waals surface area contributed by atoms with Gasteiger partial charge in [0.1, 0.15) is 12.4 Å². The Labute approximate surface area is 196 Å². The first-order valence-electron chi connectivity index (χ1n) is 10.3. The number of amides is 1. The molecule has 0 atom stereocenters. The van der Waals surface area contributed by atoms with Gasteiger partial charge < -0.3 is 9.47 Å². The Morgan fingerprint density at radius 1 is 1.09 bits per heavy atom. The fraction of sp³-hybridized carbons (Fsp3) is 0.250. The maximum atomic E-state index is 13.8. The number of rotatable bonds is 10. The van der Waals surface area contributed by atoms with Crippen molar-refractivity contribution >= 4 is 23.9 Å². The number of hydrogen-bond acceptors (Lipinski definition) is 7. The van der Waals surface area contributed by atoms with E-state index >= 15 is 0 Å². The minimum atomic E-state index is -0.322. The summed E-state index contributed by atoms with van der Waals surface area (Å²) in [6.45, 7) is 6.15. The summed E-state index contributed by atoms with van der Waals surface area (Å²) in [7, 11) is 0. The molecule has 0 aliphatic heterocycles. The van der Waals surface area contributed by atoms with Crippen LogP contribution in [-0.2, 0) is 11.4 Å². The standard InChI is InChI=1S/C24H25FN4O3S/c1-4-31-22-12-18(9-10-21(22)32-14-19-7-5-6-8-20(19)25)13-26-29-23(30)15-33-24-27-16(2)11-17(3)28-24/h5-13H,4,14-15H2,1-3H3,(H,29,30)/b26-13-. The predicted molar refractivity (Wildman–Crippen MR) is 126 cm³/mol. The van der Waals surface area contributed by atoms with Crippen LogP contribution in [-0.4, -0.2) is 34.4 Å². The molecule has 1 N–H and O–H groups in total. The van der Waals surface area contributed by atoms with E-state index in [9.17, 15) is 9.18 Å². The molecule has 7 nitrogen and oxygen atoms in total. The van der Waals surface area contributed by atoms with Crippen LogP contribution in [0, 0.1) is 19.7 Å². The van der Waals surface area contributed by atoms with Crippen molar-refractivity contribution in [1.29, 1.82) is 0 Å². The first-order valence-corrected chi connectivity index (χ1v) is 11.3. The zero-order valence-electron chi connectivity index (χ0n) is 18.7. The van der Waals surface area contributed by atoms with Crippen LogP contribution in [0.25, 0.3) is 0 Å². The molecular weight excluding hydrogens is 443 g/mol. The number of hydrazone groups is 1. The van der Waals surface area contributed by atoms with Crippen molar-refractivity contribution in [2.75, 3.05) is 12.4 Å². The van der Waals surface area contributed by atoms with Crippen LogP contribution in [0.4, 0.5) is 4.39 Å². The van der Waals surface area contributed by atoms with Gasteiger partial charge in [-0.3, -0.25) is 4.79 Å². The molecule has 0 saturated heterocycles. The average Bonchev–Trinajstić information content (AvgIpc) is 2.78. The lowest BCUT2D eigenvalue weighted by molar-refractivity contribution is -0.118. The van der Waals surface area contributed by atoms with Gasteiger partial charge in [0.05, 0.1) is 18.6 Å². The molecule has 3 rings (SSSR count). The maximum absolute atomic E-state index is 13.8. The third-order valence-electron chi connectivity index (χ3n) is 4.31. The lowest BCUT2D eigenvalue weighted by Crippen LogP contribution is -2.19. The smallest absolute Gasteiger partial charge is 0.250 e. The zero-order chi connectivity index (χ0) is 23.6. The number of carbonyl (C=O) groups is 1. The van der Waals surface area contributed by atoms with Gasteiger partial charge in [-0.2, -0.15) is 5.10 Å². The van der Waals surface area contributed by atoms with Gasteiger partial charge in [0, 0.05) is 17.0 Å². The van der Waals surface area contributed by atoms with Gasteiger partial charge >= 0.3 is 0 Å². The number of hydrogen-bond donors (Lipinski definition) is 1. The van der Waals surface area contributed by atoms with Crippen molar-refractivity contribution in [3.8, 4) is 11.5 Å². The van der Waals surface area contributed by atoms with Crippen molar-refractivity contribution in [3.05, 3.63) is 76.9 Å². The van der Waals surface area contributed by atoms with E-state index in [0.29, 0.717) is 34.4 Å². The van der Waals surface area contributed by atoms with E-state index in [0.717, 1.165) is 11.4 Å². The Morgan fingerprint density at radius 3 is 2.58 bits per heavy atom. The van der Waals surface area contributed by atoms with Crippen LogP contribution in [0.15, 0.2) is 58.8 Å². The molecule has 0 unspecified atom stereocenters. The Balaban J connectivity index is 1.56. The van der Waals surface area contributed by atoms with E-state index in [-0.39, 0.29) is 24.1 Å². The van der Waals surface area contributed by atoms with E-state index in [1.165, 1.54) is 24.0 Å². The molecule has 0 spiro atoms. The van der Waals surface area contributed by atoms with Gasteiger partial charge in [-0.05, 0) is 56.7 Å². The Kier molecular flexibility index (Phi) is 8.77. The molecule has 0 bridgehead atoms. The van der Waals surface area contributed by atoms with Crippen molar-refractivity contribution in [2.45, 2.75) is 32.5 Å². The molecule has 0 aliphatic carbocycles. The highest BCUT2D eigenvalue weighted by Gasteiger charge is 2.09. The molecule has 1 amide bonds. The van der Waals surface area contributed by atoms with Gasteiger partial charge in [0.15, 0.2) is 16.7 Å². The third kappa shape index (κ3) is 7.57. The second-order valence-corrected chi connectivity index (χ2v) is 7.98. The monoisotopic (exact) mass is 468 g/mol. The number of nitrogens with one attached hydrogen (secondary N) is 1. The summed E-state index contributed by atoms with van der Waals surface area (Å²) in [5.74, 6) is 0.552. The number of aryl methyl sites for hydroxylation is 2. The normalized spacial score (nSPS) is 10.9. The van der Waals surface area contributed by atoms with Crippen LogP contribution in [0.3, 0.4) is 0 Å². The third-order valence-corrected chi connectivity index (χ3v) is 5.15. The minimum Gasteiger partial charge on any atom is -0.490 e. The predicted octanol–water partition coefficient (Wildman–Crippen LogP) is 4.45. The highest BCUT2D eigenvalue weighted by Crippen LogP contribution is 2.29. The zero-order valence-corrected chi connectivity index (χ0v) is 19.5. The summed E-state index contributed by atoms with van der Waals surface area (Å²) in [4.78, 5) is 20.7. The quantitative estimate of drug-likeness (QED) is 0.205. The van der Waals surface area contributed by atoms with Crippen molar-refractivity contribution in [3.63, 3.8) is 0 Å². The van der Waals surface area contributed by atoms with Gasteiger partial charge in [0.25, 0.3) is 5.91 Å². The highest BCUT2D eigenvalue weighted by atomic mass is 32.2. The maximum Gasteiger partial charge on any atom is 0.250 e. The summed E-state index contributed by atoms with van der Waals surface area (Å²) in [5, 5.41) is 4.55. The van der Waals surface area contributed by atoms with Crippen LogP contribution in [0.5, 0.6) is 11.5 Å². The number of halogens is 1. The molecule has 9 heteroatoms. The lowest BCUT2D eigenvalue weighted by Gasteiger charge is -2.13. The Hall–Kier alpha value is -3.46. The first-order chi connectivity index (χ1) is 15.9. The van der Waals surface area contributed by atoms with Crippen LogP contribution in [0.2, 0.25) is 0 Å². The largest absolute Gasteiger partial charge is 0.490 e. The fourth-order valence-electron chi connectivity index (χ4n) is 2.86. The number of ether oxygens (including phenoxy) is 2. The highest BCUT2D eigenvalue weighted by molar-refractivity contribution is 7.99. The molecular formula is C24H25FN4O3S. The number of carbonyl (C=O) groups excluding carboxylic acids is 1. The minimum absolute atomic E-state index is 0.0814. The van der Waals surface area contributed by atoms with Crippen LogP contribution in [0.1, 0.15) is 29.4 Å². The molecule has 0 radical (unpaired) electrons. The SMILES string of the molecule is CCOc1cc(/C=N\NC(=O)CSc2nc(C)cc(C)n2)ccc1OCc1ccccc1F. The molecule has 3 aromatic rings. The second kappa shape index (κ2) is 12.0. The van der Waals surface area contributed by atoms with Gasteiger partial charge in [-0.1, -0.05) is 30.0 Å². The second-order valence-electron chi connectivity index (χ2n) is 7.03. The fourth-order valence-corrected chi connectivity index (χ4v) is 3.60. The van der Waals surface area contributed by atoms with E-state index < -0.39 is 0 Å². The molecule has 0 fully saturated rings. The number of benzene rings is 2. The van der Waals surface area contributed by atoms with Crippen LogP contribution >= 0.6 is 11.8 Å². The van der Waals surface area contributed by atoms with E-state index in [4.69, 9.17) is 9.47 Å². The van der Waals surface area contributed by atoms with E-state index in [1.54, 1.807) is 36.4 Å². The molecule has 172 valence electrons. The number of aromatic nitrogens is 2. The van der Waals surface area contributed by atoms with Crippen LogP contribution < -0.4 is 14.9 Å². The topological polar surface area (TPSA) is 85.7 Å². The first kappa shape index (κ1) is 24.2. The van der Waals surface area contributed by atoms with Crippen molar-refractivity contribution in [2.24, 2.45) is 5.10 Å². The summed E-state index contributed by atoms with van der Waals surface area (Å²) >= 11 is 1.25. The molecule has 1 heterocycles. The Morgan fingerprint density at radius 2 is 1.85 bits per heavy atom. The molecule has 33 heavy (non-hydrogen) atoms. The van der Waals surface area contributed by atoms with Gasteiger partial charge in [-0.25, -0.2) is 19.8 Å². The molecule has 2 aromatic carbocycles. The number of thioether (sulfide) groups is 1. The van der Waals surface area contributed by atoms with E-state index in [2.05, 4.69) is 20.5 Å². The number of nitrogens with zero attached hydrogens (tertiary/aromatic N) is 3. The Bertz CT molecular complexity index is 1120. The summed E-state index contributed by atoms with van der Waals surface area (Å²) in [5.41, 5.74) is 5.37. The van der Waals surface area contributed by atoms with Gasteiger partial charge in [-0.15, -0.1) is 0 Å². The summed E-state index contributed by atoms with van der Waals surface area (Å²) in [6.07, 6.45) is 1.51. The van der Waals surface area contributed by atoms with E-state index in [1.807, 2.05) is 26.8 Å². The molecule has 1 aromatic heterocycles. The lowest BCUT2D eigenvalue weighted by atomic mass is 10.2. The summed E-state index contributed by atoms with van der Waals surface area (Å²) in [6, 6.07) is 13.6. The van der Waals surface area contributed by atoms with Crippen molar-refractivity contribution < 1.29 is 18.7 Å². The average molecular weight is 469 g/mol. The van der Waals surface area contributed by atoms with Gasteiger partial charge in [0.2, 0.25) is 0 Å². The summed E-state index contributed by atoms with van der Waals surface area (Å²) < 4.78 is 25.2. The molecule has 0 aliphatic rings.